The van der Waals surface area contributed by atoms with Crippen LogP contribution in [0.4, 0.5) is 5.69 Å². The number of nitrogens with one attached hydrogen (secondary N) is 1. The minimum atomic E-state index is -0.261. The number of carbonyl (C=O) groups excluding carboxylic acids is 1. The molecule has 0 aliphatic heterocycles. The molecule has 0 radical (unpaired) electrons. The van der Waals surface area contributed by atoms with Crippen LogP contribution in [0.15, 0.2) is 24.4 Å². The fraction of sp³-hybridized carbons (Fsp3) is 0.231. The summed E-state index contributed by atoms with van der Waals surface area (Å²) in [6.07, 6.45) is 1.65. The predicted molar refractivity (Wildman–Crippen MR) is 74.5 cm³/mol. The van der Waals surface area contributed by atoms with Gasteiger partial charge in [0.25, 0.3) is 5.91 Å². The third-order valence-corrected chi connectivity index (χ3v) is 2.83. The normalized spacial score (nSPS) is 10.2. The number of hydrogen-bond acceptors (Lipinski definition) is 5. The highest BCUT2D eigenvalue weighted by Crippen LogP contribution is 2.33. The summed E-state index contributed by atoms with van der Waals surface area (Å²) in [5.74, 6) is 0.809. The van der Waals surface area contributed by atoms with Crippen LogP contribution in [0.5, 0.6) is 11.5 Å². The molecule has 1 aromatic heterocycles. The van der Waals surface area contributed by atoms with Gasteiger partial charge in [0, 0.05) is 25.4 Å². The average Bonchev–Trinajstić information content (AvgIpc) is 2.95. The van der Waals surface area contributed by atoms with Crippen molar-refractivity contribution in [1.29, 1.82) is 0 Å². The van der Waals surface area contributed by atoms with E-state index in [0.717, 1.165) is 0 Å². The van der Waals surface area contributed by atoms with Crippen molar-refractivity contribution in [2.75, 3.05) is 27.0 Å². The smallest absolute Gasteiger partial charge is 0.271 e. The highest BCUT2D eigenvalue weighted by atomic mass is 16.5. The van der Waals surface area contributed by atoms with Crippen molar-refractivity contribution >= 4 is 11.6 Å². The number of aromatic nitrogens is 2. The lowest BCUT2D eigenvalue weighted by Crippen LogP contribution is -2.18. The first-order chi connectivity index (χ1) is 9.60. The second kappa shape index (κ2) is 5.52. The molecule has 0 fully saturated rings. The van der Waals surface area contributed by atoms with E-state index in [9.17, 15) is 4.79 Å². The molecule has 7 nitrogen and oxygen atoms in total. The van der Waals surface area contributed by atoms with Crippen molar-refractivity contribution in [2.45, 2.75) is 0 Å². The molecule has 0 spiro atoms. The maximum atomic E-state index is 11.5. The molecule has 0 saturated heterocycles. The molecule has 1 aromatic carbocycles. The first-order valence-electron chi connectivity index (χ1n) is 5.90. The van der Waals surface area contributed by atoms with Crippen LogP contribution in [0, 0.1) is 0 Å². The number of nitrogens with two attached hydrogens (primary N) is 1. The topological polar surface area (TPSA) is 91.4 Å². The minimum Gasteiger partial charge on any atom is -0.493 e. The van der Waals surface area contributed by atoms with E-state index in [2.05, 4.69) is 10.4 Å². The summed E-state index contributed by atoms with van der Waals surface area (Å²) >= 11 is 0. The van der Waals surface area contributed by atoms with Crippen molar-refractivity contribution in [1.82, 2.24) is 15.1 Å². The van der Waals surface area contributed by atoms with Gasteiger partial charge in [-0.25, -0.2) is 4.68 Å². The zero-order chi connectivity index (χ0) is 14.7. The summed E-state index contributed by atoms with van der Waals surface area (Å²) in [6, 6.07) is 4.96. The second-order valence-corrected chi connectivity index (χ2v) is 3.99. The summed E-state index contributed by atoms with van der Waals surface area (Å²) < 4.78 is 11.9. The number of benzene rings is 1. The summed E-state index contributed by atoms with van der Waals surface area (Å²) in [4.78, 5) is 11.5. The van der Waals surface area contributed by atoms with Gasteiger partial charge in [0.05, 0.1) is 25.6 Å². The van der Waals surface area contributed by atoms with Crippen LogP contribution < -0.4 is 20.5 Å². The number of amides is 1. The third-order valence-electron chi connectivity index (χ3n) is 2.83. The van der Waals surface area contributed by atoms with Crippen LogP contribution in [0.1, 0.15) is 10.5 Å². The molecule has 1 heterocycles. The van der Waals surface area contributed by atoms with Crippen LogP contribution >= 0.6 is 0 Å². The van der Waals surface area contributed by atoms with E-state index in [1.54, 1.807) is 31.4 Å². The summed E-state index contributed by atoms with van der Waals surface area (Å²) in [5.41, 5.74) is 7.36. The molecule has 3 N–H and O–H groups in total. The molecule has 106 valence electrons. The Morgan fingerprint density at radius 3 is 2.55 bits per heavy atom. The van der Waals surface area contributed by atoms with E-state index in [-0.39, 0.29) is 5.91 Å². The molecular formula is C13H16N4O3. The van der Waals surface area contributed by atoms with E-state index in [0.29, 0.717) is 28.6 Å². The molecule has 20 heavy (non-hydrogen) atoms. The maximum absolute atomic E-state index is 11.5. The Hall–Kier alpha value is -2.70. The Balaban J connectivity index is 2.47. The number of anilines is 1. The average molecular weight is 276 g/mol. The Morgan fingerprint density at radius 2 is 1.95 bits per heavy atom. The molecule has 0 bridgehead atoms. The van der Waals surface area contributed by atoms with Crippen molar-refractivity contribution in [3.8, 4) is 17.2 Å². The Bertz CT molecular complexity index is 637. The van der Waals surface area contributed by atoms with Gasteiger partial charge in [0.1, 0.15) is 0 Å². The zero-order valence-electron chi connectivity index (χ0n) is 11.5. The van der Waals surface area contributed by atoms with Crippen molar-refractivity contribution in [2.24, 2.45) is 0 Å². The van der Waals surface area contributed by atoms with Gasteiger partial charge in [0.15, 0.2) is 17.2 Å². The summed E-state index contributed by atoms with van der Waals surface area (Å²) in [5, 5.41) is 6.68. The molecule has 0 aliphatic rings. The molecule has 2 aromatic rings. The van der Waals surface area contributed by atoms with Gasteiger partial charge in [0.2, 0.25) is 0 Å². The van der Waals surface area contributed by atoms with Crippen LogP contribution in [-0.2, 0) is 0 Å². The number of ether oxygens (including phenoxy) is 2. The minimum absolute atomic E-state index is 0.261. The number of methoxy groups -OCH3 is 2. The fourth-order valence-corrected chi connectivity index (χ4v) is 1.79. The fourth-order valence-electron chi connectivity index (χ4n) is 1.79. The van der Waals surface area contributed by atoms with E-state index in [4.69, 9.17) is 15.2 Å². The molecule has 0 saturated carbocycles. The highest BCUT2D eigenvalue weighted by molar-refractivity contribution is 5.92. The lowest BCUT2D eigenvalue weighted by atomic mass is 10.2. The van der Waals surface area contributed by atoms with Crippen LogP contribution in [0.2, 0.25) is 0 Å². The van der Waals surface area contributed by atoms with Crippen molar-refractivity contribution in [3.63, 3.8) is 0 Å². The lowest BCUT2D eigenvalue weighted by Gasteiger charge is -2.12. The van der Waals surface area contributed by atoms with Crippen LogP contribution in [0.25, 0.3) is 5.69 Å². The number of hydrogen-bond donors (Lipinski definition) is 2. The zero-order valence-corrected chi connectivity index (χ0v) is 11.5. The largest absolute Gasteiger partial charge is 0.493 e. The van der Waals surface area contributed by atoms with E-state index < -0.39 is 0 Å². The first-order valence-corrected chi connectivity index (χ1v) is 5.90. The van der Waals surface area contributed by atoms with Gasteiger partial charge in [-0.15, -0.1) is 0 Å². The Morgan fingerprint density at radius 1 is 1.30 bits per heavy atom. The molecule has 2 rings (SSSR count). The van der Waals surface area contributed by atoms with Crippen molar-refractivity contribution in [3.05, 3.63) is 30.1 Å². The van der Waals surface area contributed by atoms with Gasteiger partial charge >= 0.3 is 0 Å². The number of rotatable bonds is 4. The van der Waals surface area contributed by atoms with Crippen LogP contribution in [0.3, 0.4) is 0 Å². The van der Waals surface area contributed by atoms with Gasteiger partial charge in [-0.1, -0.05) is 0 Å². The predicted octanol–water partition coefficient (Wildman–Crippen LogP) is 0.831. The van der Waals surface area contributed by atoms with Crippen molar-refractivity contribution < 1.29 is 14.3 Å². The maximum Gasteiger partial charge on any atom is 0.271 e. The molecule has 0 aliphatic carbocycles. The molecule has 0 unspecified atom stereocenters. The molecule has 7 heteroatoms. The SMILES string of the molecule is CNC(=O)c1ccn(-c2cc(OC)c(OC)cc2N)n1. The Labute approximate surface area is 116 Å². The third kappa shape index (κ3) is 2.37. The number of nitrogen functional groups attached to an aromatic ring is 1. The van der Waals surface area contributed by atoms with Gasteiger partial charge < -0.3 is 20.5 Å². The molecule has 0 atom stereocenters. The van der Waals surface area contributed by atoms with Gasteiger partial charge in [-0.05, 0) is 6.07 Å². The number of nitrogens with zero attached hydrogens (tertiary/aromatic N) is 2. The van der Waals surface area contributed by atoms with E-state index in [1.165, 1.54) is 18.9 Å². The quantitative estimate of drug-likeness (QED) is 0.807. The second-order valence-electron chi connectivity index (χ2n) is 3.99. The monoisotopic (exact) mass is 276 g/mol. The standard InChI is InChI=1S/C13H16N4O3/c1-15-13(18)9-4-5-17(16-9)10-7-12(20-3)11(19-2)6-8(10)14/h4-7H,14H2,1-3H3,(H,15,18). The Kier molecular flexibility index (Phi) is 3.79. The van der Waals surface area contributed by atoms with Gasteiger partial charge in [-0.3, -0.25) is 4.79 Å². The molecule has 1 amide bonds. The summed E-state index contributed by atoms with van der Waals surface area (Å²) in [7, 11) is 4.62. The highest BCUT2D eigenvalue weighted by Gasteiger charge is 2.13. The van der Waals surface area contributed by atoms with Crippen LogP contribution in [-0.4, -0.2) is 37.0 Å². The lowest BCUT2D eigenvalue weighted by molar-refractivity contribution is 0.0957. The number of carbonyl (C=O) groups is 1. The molecular weight excluding hydrogens is 260 g/mol. The van der Waals surface area contributed by atoms with E-state index in [1.807, 2.05) is 0 Å². The van der Waals surface area contributed by atoms with E-state index >= 15 is 0 Å². The first kappa shape index (κ1) is 13.7. The van der Waals surface area contributed by atoms with Gasteiger partial charge in [-0.2, -0.15) is 5.10 Å². The summed E-state index contributed by atoms with van der Waals surface area (Å²) in [6.45, 7) is 0.